The summed E-state index contributed by atoms with van der Waals surface area (Å²) in [6.07, 6.45) is 5.63. The lowest BCUT2D eigenvalue weighted by molar-refractivity contribution is 0.191. The maximum atomic E-state index is 12.8. The van der Waals surface area contributed by atoms with E-state index in [9.17, 15) is 4.39 Å². The standard InChI is InChI=1S/C16H22FNS/c1-12(13-2-3-13)18(15-6-7-15)10-11-19-16-8-4-14(17)5-9-16/h4-5,8-9,12-13,15H,2-3,6-7,10-11H2,1H3. The topological polar surface area (TPSA) is 3.24 Å². The Morgan fingerprint density at radius 1 is 1.21 bits per heavy atom. The summed E-state index contributed by atoms with van der Waals surface area (Å²) in [7, 11) is 0. The molecule has 104 valence electrons. The van der Waals surface area contributed by atoms with E-state index >= 15 is 0 Å². The smallest absolute Gasteiger partial charge is 0.123 e. The zero-order valence-corrected chi connectivity index (χ0v) is 12.3. The average molecular weight is 279 g/mol. The summed E-state index contributed by atoms with van der Waals surface area (Å²) in [5.41, 5.74) is 0. The van der Waals surface area contributed by atoms with E-state index in [2.05, 4.69) is 11.8 Å². The largest absolute Gasteiger partial charge is 0.297 e. The molecular formula is C16H22FNS. The van der Waals surface area contributed by atoms with Gasteiger partial charge < -0.3 is 0 Å². The van der Waals surface area contributed by atoms with Crippen LogP contribution in [0.15, 0.2) is 29.2 Å². The van der Waals surface area contributed by atoms with Crippen molar-refractivity contribution in [1.82, 2.24) is 4.90 Å². The Morgan fingerprint density at radius 3 is 2.47 bits per heavy atom. The van der Waals surface area contributed by atoms with E-state index in [0.717, 1.165) is 23.8 Å². The molecule has 19 heavy (non-hydrogen) atoms. The number of hydrogen-bond donors (Lipinski definition) is 0. The molecule has 0 N–H and O–H groups in total. The molecule has 3 heteroatoms. The molecule has 0 saturated heterocycles. The van der Waals surface area contributed by atoms with Crippen molar-refractivity contribution < 1.29 is 4.39 Å². The Morgan fingerprint density at radius 2 is 1.89 bits per heavy atom. The fourth-order valence-corrected chi connectivity index (χ4v) is 3.64. The average Bonchev–Trinajstić information content (AvgIpc) is 3.29. The third-order valence-electron chi connectivity index (χ3n) is 4.28. The molecular weight excluding hydrogens is 257 g/mol. The molecule has 0 amide bonds. The number of hydrogen-bond acceptors (Lipinski definition) is 2. The zero-order valence-electron chi connectivity index (χ0n) is 11.5. The van der Waals surface area contributed by atoms with Gasteiger partial charge in [-0.25, -0.2) is 4.39 Å². The van der Waals surface area contributed by atoms with Crippen LogP contribution in [0.5, 0.6) is 0 Å². The third kappa shape index (κ3) is 3.73. The molecule has 3 rings (SSSR count). The van der Waals surface area contributed by atoms with E-state index in [1.54, 1.807) is 12.1 Å². The van der Waals surface area contributed by atoms with Gasteiger partial charge in [0.1, 0.15) is 5.82 Å². The van der Waals surface area contributed by atoms with Gasteiger partial charge in [0.05, 0.1) is 0 Å². The van der Waals surface area contributed by atoms with E-state index in [1.807, 2.05) is 23.9 Å². The van der Waals surface area contributed by atoms with Crippen LogP contribution in [0.2, 0.25) is 0 Å². The van der Waals surface area contributed by atoms with Crippen molar-refractivity contribution in [3.05, 3.63) is 30.1 Å². The summed E-state index contributed by atoms with van der Waals surface area (Å²) in [6, 6.07) is 8.48. The second-order valence-corrected chi connectivity index (χ2v) is 7.02. The minimum absolute atomic E-state index is 0.147. The van der Waals surface area contributed by atoms with Crippen LogP contribution in [-0.2, 0) is 0 Å². The maximum absolute atomic E-state index is 12.8. The first-order valence-electron chi connectivity index (χ1n) is 7.38. The first-order chi connectivity index (χ1) is 9.24. The molecule has 0 radical (unpaired) electrons. The molecule has 0 heterocycles. The molecule has 2 aliphatic carbocycles. The molecule has 1 unspecified atom stereocenters. The quantitative estimate of drug-likeness (QED) is 0.689. The monoisotopic (exact) mass is 279 g/mol. The summed E-state index contributed by atoms with van der Waals surface area (Å²) < 4.78 is 12.8. The molecule has 0 aliphatic heterocycles. The minimum Gasteiger partial charge on any atom is -0.297 e. The Bertz CT molecular complexity index is 411. The molecule has 1 atom stereocenters. The molecule has 0 spiro atoms. The van der Waals surface area contributed by atoms with Crippen molar-refractivity contribution in [2.75, 3.05) is 12.3 Å². The first kappa shape index (κ1) is 13.4. The van der Waals surface area contributed by atoms with Gasteiger partial charge in [0.2, 0.25) is 0 Å². The van der Waals surface area contributed by atoms with E-state index in [4.69, 9.17) is 0 Å². The summed E-state index contributed by atoms with van der Waals surface area (Å²) in [4.78, 5) is 3.89. The lowest BCUT2D eigenvalue weighted by Crippen LogP contribution is -2.38. The first-order valence-corrected chi connectivity index (χ1v) is 8.37. The number of rotatable bonds is 7. The molecule has 0 aromatic heterocycles. The fourth-order valence-electron chi connectivity index (χ4n) is 2.77. The van der Waals surface area contributed by atoms with Gasteiger partial charge in [0.15, 0.2) is 0 Å². The number of benzene rings is 1. The Labute approximate surface area is 119 Å². The SMILES string of the molecule is CC(C1CC1)N(CCSc1ccc(F)cc1)C1CC1. The van der Waals surface area contributed by atoms with E-state index < -0.39 is 0 Å². The van der Waals surface area contributed by atoms with Crippen molar-refractivity contribution in [2.45, 2.75) is 49.6 Å². The van der Waals surface area contributed by atoms with Crippen molar-refractivity contribution in [3.63, 3.8) is 0 Å². The molecule has 0 bridgehead atoms. The van der Waals surface area contributed by atoms with Gasteiger partial charge in [-0.15, -0.1) is 11.8 Å². The zero-order chi connectivity index (χ0) is 13.2. The Kier molecular flexibility index (Phi) is 4.13. The number of nitrogens with zero attached hydrogens (tertiary/aromatic N) is 1. The fraction of sp³-hybridized carbons (Fsp3) is 0.625. The van der Waals surface area contributed by atoms with Gasteiger partial charge in [-0.2, -0.15) is 0 Å². The molecule has 1 aromatic carbocycles. The Hall–Kier alpha value is -0.540. The highest BCUT2D eigenvalue weighted by Gasteiger charge is 2.38. The predicted octanol–water partition coefficient (Wildman–Crippen LogP) is 4.18. The summed E-state index contributed by atoms with van der Waals surface area (Å²) in [6.45, 7) is 3.57. The van der Waals surface area contributed by atoms with Crippen LogP contribution < -0.4 is 0 Å². The summed E-state index contributed by atoms with van der Waals surface area (Å²) in [5.74, 6) is 1.92. The maximum Gasteiger partial charge on any atom is 0.123 e. The van der Waals surface area contributed by atoms with Crippen molar-refractivity contribution >= 4 is 11.8 Å². The van der Waals surface area contributed by atoms with E-state index in [0.29, 0.717) is 0 Å². The number of halogens is 1. The van der Waals surface area contributed by atoms with E-state index in [-0.39, 0.29) is 5.82 Å². The van der Waals surface area contributed by atoms with Gasteiger partial charge >= 0.3 is 0 Å². The van der Waals surface area contributed by atoms with Crippen LogP contribution >= 0.6 is 11.8 Å². The van der Waals surface area contributed by atoms with Crippen LogP contribution in [-0.4, -0.2) is 29.3 Å². The second kappa shape index (κ2) is 5.84. The lowest BCUT2D eigenvalue weighted by Gasteiger charge is -2.29. The molecule has 2 saturated carbocycles. The summed E-state index contributed by atoms with van der Waals surface area (Å²) >= 11 is 1.84. The highest BCUT2D eigenvalue weighted by atomic mass is 32.2. The summed E-state index contributed by atoms with van der Waals surface area (Å²) in [5, 5.41) is 0. The second-order valence-electron chi connectivity index (χ2n) is 5.85. The van der Waals surface area contributed by atoms with Gasteiger partial charge in [0.25, 0.3) is 0 Å². The van der Waals surface area contributed by atoms with Crippen LogP contribution in [0, 0.1) is 11.7 Å². The highest BCUT2D eigenvalue weighted by Crippen LogP contribution is 2.39. The molecule has 2 fully saturated rings. The lowest BCUT2D eigenvalue weighted by atomic mass is 10.2. The van der Waals surface area contributed by atoms with Gasteiger partial charge in [0, 0.05) is 29.3 Å². The third-order valence-corrected chi connectivity index (χ3v) is 5.27. The molecule has 1 aromatic rings. The van der Waals surface area contributed by atoms with Crippen LogP contribution in [0.4, 0.5) is 4.39 Å². The van der Waals surface area contributed by atoms with Crippen molar-refractivity contribution in [2.24, 2.45) is 5.92 Å². The van der Waals surface area contributed by atoms with Crippen molar-refractivity contribution in [1.29, 1.82) is 0 Å². The minimum atomic E-state index is -0.147. The van der Waals surface area contributed by atoms with Gasteiger partial charge in [-0.05, 0) is 62.8 Å². The highest BCUT2D eigenvalue weighted by molar-refractivity contribution is 7.99. The number of thioether (sulfide) groups is 1. The van der Waals surface area contributed by atoms with Gasteiger partial charge in [-0.3, -0.25) is 4.90 Å². The predicted molar refractivity (Wildman–Crippen MR) is 79.0 cm³/mol. The van der Waals surface area contributed by atoms with Crippen molar-refractivity contribution in [3.8, 4) is 0 Å². The van der Waals surface area contributed by atoms with Gasteiger partial charge in [-0.1, -0.05) is 0 Å². The van der Waals surface area contributed by atoms with E-state index in [1.165, 1.54) is 37.1 Å². The molecule has 1 nitrogen and oxygen atoms in total. The van der Waals surface area contributed by atoms with Crippen LogP contribution in [0.3, 0.4) is 0 Å². The molecule has 2 aliphatic rings. The Balaban J connectivity index is 1.48. The van der Waals surface area contributed by atoms with Crippen LogP contribution in [0.1, 0.15) is 32.6 Å². The normalized spacial score (nSPS) is 20.8. The van der Waals surface area contributed by atoms with Crippen LogP contribution in [0.25, 0.3) is 0 Å².